The molecule has 7 heteroatoms. The Hall–Kier alpha value is -2.67. The fraction of sp³-hybridized carbons (Fsp3) is 0.188. The Balaban J connectivity index is 1.64. The summed E-state index contributed by atoms with van der Waals surface area (Å²) in [5.74, 6) is -0.0902. The molecular formula is C16H15N3O3S. The topological polar surface area (TPSA) is 88.0 Å². The van der Waals surface area contributed by atoms with Crippen LogP contribution in [0.2, 0.25) is 0 Å². The summed E-state index contributed by atoms with van der Waals surface area (Å²) in [5.41, 5.74) is 2.78. The average Bonchev–Trinajstić information content (AvgIpc) is 3.17. The first-order valence-corrected chi connectivity index (χ1v) is 8.10. The predicted molar refractivity (Wildman–Crippen MR) is 89.7 cm³/mol. The number of non-ortho nitro benzene ring substituents is 1. The number of H-pyrrole nitrogens is 1. The van der Waals surface area contributed by atoms with Crippen molar-refractivity contribution in [3.63, 3.8) is 0 Å². The first kappa shape index (κ1) is 15.2. The van der Waals surface area contributed by atoms with E-state index in [0.29, 0.717) is 11.9 Å². The summed E-state index contributed by atoms with van der Waals surface area (Å²) >= 11 is 1.64. The Bertz CT molecular complexity index is 840. The third-order valence-electron chi connectivity index (χ3n) is 3.63. The number of amides is 1. The molecule has 0 spiro atoms. The summed E-state index contributed by atoms with van der Waals surface area (Å²) in [7, 11) is 0. The highest BCUT2D eigenvalue weighted by molar-refractivity contribution is 7.07. The van der Waals surface area contributed by atoms with Gasteiger partial charge in [0, 0.05) is 35.8 Å². The van der Waals surface area contributed by atoms with Crippen molar-refractivity contribution < 1.29 is 9.72 Å². The molecule has 2 aromatic heterocycles. The third kappa shape index (κ3) is 3.57. The molecule has 2 N–H and O–H groups in total. The number of thiophene rings is 1. The summed E-state index contributed by atoms with van der Waals surface area (Å²) < 4.78 is 0. The lowest BCUT2D eigenvalue weighted by atomic mass is 10.1. The van der Waals surface area contributed by atoms with Crippen LogP contribution in [0.25, 0.3) is 10.9 Å². The lowest BCUT2D eigenvalue weighted by Crippen LogP contribution is -2.27. The molecule has 0 saturated carbocycles. The molecule has 1 amide bonds. The number of rotatable bonds is 6. The molecule has 3 aromatic rings. The number of nitrogens with zero attached hydrogens (tertiary/aromatic N) is 1. The number of carbonyl (C=O) groups is 1. The minimum absolute atomic E-state index is 0.0243. The second kappa shape index (κ2) is 6.62. The zero-order valence-corrected chi connectivity index (χ0v) is 13.1. The molecule has 0 bridgehead atoms. The summed E-state index contributed by atoms with van der Waals surface area (Å²) in [6.45, 7) is 0.581. The first-order valence-electron chi connectivity index (χ1n) is 7.15. The standard InChI is InChI=1S/C16H15N3O3S/c20-16(17-5-3-11-4-6-23-10-11)7-12-9-18-15-2-1-13(19(21)22)8-14(12)15/h1-2,4,6,8-10,18H,3,5,7H2,(H,17,20). The van der Waals surface area contributed by atoms with Gasteiger partial charge in [-0.25, -0.2) is 0 Å². The van der Waals surface area contributed by atoms with E-state index in [1.807, 2.05) is 11.4 Å². The van der Waals surface area contributed by atoms with Crippen molar-refractivity contribution in [2.75, 3.05) is 6.54 Å². The van der Waals surface area contributed by atoms with Crippen LogP contribution >= 0.6 is 11.3 Å². The van der Waals surface area contributed by atoms with Gasteiger partial charge in [0.1, 0.15) is 0 Å². The Morgan fingerprint density at radius 2 is 2.22 bits per heavy atom. The minimum Gasteiger partial charge on any atom is -0.361 e. The van der Waals surface area contributed by atoms with Crippen molar-refractivity contribution in [1.29, 1.82) is 0 Å². The molecule has 0 atom stereocenters. The molecule has 0 aliphatic heterocycles. The number of nitrogens with one attached hydrogen (secondary N) is 2. The van der Waals surface area contributed by atoms with Crippen LogP contribution in [0.4, 0.5) is 5.69 Å². The highest BCUT2D eigenvalue weighted by atomic mass is 32.1. The lowest BCUT2D eigenvalue weighted by Gasteiger charge is -2.04. The van der Waals surface area contributed by atoms with Gasteiger partial charge in [-0.05, 0) is 40.4 Å². The smallest absolute Gasteiger partial charge is 0.270 e. The van der Waals surface area contributed by atoms with Crippen LogP contribution in [0.15, 0.2) is 41.2 Å². The average molecular weight is 329 g/mol. The quantitative estimate of drug-likeness (QED) is 0.538. The molecule has 118 valence electrons. The van der Waals surface area contributed by atoms with Crippen LogP contribution < -0.4 is 5.32 Å². The number of hydrogen-bond acceptors (Lipinski definition) is 4. The Kier molecular flexibility index (Phi) is 4.38. The van der Waals surface area contributed by atoms with E-state index in [1.165, 1.54) is 17.7 Å². The van der Waals surface area contributed by atoms with E-state index in [4.69, 9.17) is 0 Å². The van der Waals surface area contributed by atoms with Gasteiger partial charge in [0.05, 0.1) is 11.3 Å². The lowest BCUT2D eigenvalue weighted by molar-refractivity contribution is -0.384. The molecule has 0 fully saturated rings. The van der Waals surface area contributed by atoms with Gasteiger partial charge < -0.3 is 10.3 Å². The van der Waals surface area contributed by atoms with Crippen molar-refractivity contribution in [1.82, 2.24) is 10.3 Å². The van der Waals surface area contributed by atoms with E-state index >= 15 is 0 Å². The largest absolute Gasteiger partial charge is 0.361 e. The van der Waals surface area contributed by atoms with Crippen molar-refractivity contribution in [2.45, 2.75) is 12.8 Å². The number of nitro benzene ring substituents is 1. The second-order valence-electron chi connectivity index (χ2n) is 5.21. The van der Waals surface area contributed by atoms with Gasteiger partial charge in [-0.1, -0.05) is 0 Å². The number of carbonyl (C=O) groups excluding carboxylic acids is 1. The van der Waals surface area contributed by atoms with Gasteiger partial charge in [0.2, 0.25) is 5.91 Å². The molecule has 2 heterocycles. The highest BCUT2D eigenvalue weighted by Gasteiger charge is 2.12. The molecule has 1 aromatic carbocycles. The maximum Gasteiger partial charge on any atom is 0.270 e. The fourth-order valence-electron chi connectivity index (χ4n) is 2.44. The van der Waals surface area contributed by atoms with Crippen LogP contribution in [0.5, 0.6) is 0 Å². The fourth-order valence-corrected chi connectivity index (χ4v) is 3.15. The molecule has 6 nitrogen and oxygen atoms in total. The molecule has 0 aliphatic rings. The van der Waals surface area contributed by atoms with Crippen LogP contribution in [0, 0.1) is 10.1 Å². The van der Waals surface area contributed by atoms with Crippen molar-refractivity contribution in [2.24, 2.45) is 0 Å². The summed E-state index contributed by atoms with van der Waals surface area (Å²) in [6.07, 6.45) is 2.73. The van der Waals surface area contributed by atoms with E-state index in [0.717, 1.165) is 17.5 Å². The van der Waals surface area contributed by atoms with Crippen LogP contribution in [0.1, 0.15) is 11.1 Å². The molecule has 0 radical (unpaired) electrons. The van der Waals surface area contributed by atoms with Crippen LogP contribution in [0.3, 0.4) is 0 Å². The minimum atomic E-state index is -0.433. The van der Waals surface area contributed by atoms with Crippen LogP contribution in [-0.2, 0) is 17.6 Å². The van der Waals surface area contributed by atoms with Crippen molar-refractivity contribution in [3.8, 4) is 0 Å². The Labute approximate surface area is 136 Å². The second-order valence-corrected chi connectivity index (χ2v) is 5.99. The van der Waals surface area contributed by atoms with Gasteiger partial charge in [-0.3, -0.25) is 14.9 Å². The normalized spacial score (nSPS) is 10.8. The molecule has 23 heavy (non-hydrogen) atoms. The van der Waals surface area contributed by atoms with Crippen molar-refractivity contribution in [3.05, 3.63) is 62.5 Å². The number of aromatic nitrogens is 1. The number of benzene rings is 1. The van der Waals surface area contributed by atoms with E-state index in [9.17, 15) is 14.9 Å². The van der Waals surface area contributed by atoms with Gasteiger partial charge >= 0.3 is 0 Å². The van der Waals surface area contributed by atoms with E-state index in [2.05, 4.69) is 15.7 Å². The van der Waals surface area contributed by atoms with Gasteiger partial charge in [0.25, 0.3) is 5.69 Å². The van der Waals surface area contributed by atoms with Crippen molar-refractivity contribution >= 4 is 33.8 Å². The Morgan fingerprint density at radius 3 is 2.96 bits per heavy atom. The molecular weight excluding hydrogens is 314 g/mol. The number of nitro groups is 1. The van der Waals surface area contributed by atoms with Gasteiger partial charge in [-0.2, -0.15) is 11.3 Å². The number of aromatic amines is 1. The summed E-state index contributed by atoms with van der Waals surface area (Å²) in [5, 5.41) is 18.5. The number of fused-ring (bicyclic) bond motifs is 1. The SMILES string of the molecule is O=C(Cc1c[nH]c2ccc([N+](=O)[O-])cc12)NCCc1ccsc1. The molecule has 0 unspecified atom stereocenters. The van der Waals surface area contributed by atoms with Gasteiger partial charge in [-0.15, -0.1) is 0 Å². The number of hydrogen-bond donors (Lipinski definition) is 2. The summed E-state index contributed by atoms with van der Waals surface area (Å²) in [6, 6.07) is 6.64. The highest BCUT2D eigenvalue weighted by Crippen LogP contribution is 2.23. The monoisotopic (exact) mass is 329 g/mol. The first-order chi connectivity index (χ1) is 11.1. The molecule has 0 aliphatic carbocycles. The molecule has 0 saturated heterocycles. The van der Waals surface area contributed by atoms with E-state index < -0.39 is 4.92 Å². The maximum absolute atomic E-state index is 12.0. The summed E-state index contributed by atoms with van der Waals surface area (Å²) in [4.78, 5) is 25.5. The van der Waals surface area contributed by atoms with E-state index in [-0.39, 0.29) is 18.0 Å². The van der Waals surface area contributed by atoms with Gasteiger partial charge in [0.15, 0.2) is 0 Å². The maximum atomic E-state index is 12.0. The molecule has 3 rings (SSSR count). The van der Waals surface area contributed by atoms with E-state index in [1.54, 1.807) is 23.6 Å². The predicted octanol–water partition coefficient (Wildman–Crippen LogP) is 3.04. The third-order valence-corrected chi connectivity index (χ3v) is 4.36. The Morgan fingerprint density at radius 1 is 1.35 bits per heavy atom. The zero-order valence-electron chi connectivity index (χ0n) is 12.2. The van der Waals surface area contributed by atoms with Crippen LogP contribution in [-0.4, -0.2) is 22.4 Å². The zero-order chi connectivity index (χ0) is 16.2.